The van der Waals surface area contributed by atoms with Crippen molar-refractivity contribution in [2.24, 2.45) is 0 Å². The number of ether oxygens (including phenoxy) is 1. The number of carbonyl (C=O) groups excluding carboxylic acids is 1. The molecular weight excluding hydrogens is 264 g/mol. The third kappa shape index (κ3) is 5.31. The van der Waals surface area contributed by atoms with Crippen molar-refractivity contribution in [2.75, 3.05) is 7.11 Å². The van der Waals surface area contributed by atoms with Crippen LogP contribution in [0.3, 0.4) is 0 Å². The van der Waals surface area contributed by atoms with E-state index >= 15 is 0 Å². The number of unbranched alkanes of at least 4 members (excludes halogenated alkanes) is 1. The molecule has 3 nitrogen and oxygen atoms in total. The van der Waals surface area contributed by atoms with Crippen LogP contribution in [0, 0.1) is 11.8 Å². The fraction of sp³-hybridized carbons (Fsp3) is 0.333. The van der Waals surface area contributed by atoms with Crippen LogP contribution in [0.4, 0.5) is 0 Å². The van der Waals surface area contributed by atoms with Crippen molar-refractivity contribution in [3.8, 4) is 11.8 Å². The van der Waals surface area contributed by atoms with E-state index in [0.717, 1.165) is 30.4 Å². The number of carbonyl (C=O) groups is 1. The van der Waals surface area contributed by atoms with E-state index in [9.17, 15) is 9.90 Å². The highest BCUT2D eigenvalue weighted by Crippen LogP contribution is 2.10. The van der Waals surface area contributed by atoms with Crippen molar-refractivity contribution in [3.63, 3.8) is 0 Å². The molecule has 0 aromatic heterocycles. The molecule has 0 aliphatic carbocycles. The highest BCUT2D eigenvalue weighted by atomic mass is 16.5. The number of aliphatic hydroxyl groups is 1. The molecule has 1 atom stereocenters. The molecule has 110 valence electrons. The van der Waals surface area contributed by atoms with Gasteiger partial charge < -0.3 is 9.84 Å². The Morgan fingerprint density at radius 2 is 2.05 bits per heavy atom. The second-order valence-corrected chi connectivity index (χ2v) is 4.55. The van der Waals surface area contributed by atoms with E-state index in [1.165, 1.54) is 7.11 Å². The SMILES string of the molecule is C=C=C(CCCC)[C@H](O)C#Cc1ccc(C(=O)OC)cc1. The maximum atomic E-state index is 11.3. The normalized spacial score (nSPS) is 10.8. The Bertz CT molecular complexity index is 581. The molecule has 0 amide bonds. The zero-order chi connectivity index (χ0) is 15.7. The Balaban J connectivity index is 2.77. The second-order valence-electron chi connectivity index (χ2n) is 4.55. The van der Waals surface area contributed by atoms with Crippen molar-refractivity contribution >= 4 is 5.97 Å². The molecule has 0 saturated carbocycles. The molecule has 1 aromatic carbocycles. The monoisotopic (exact) mass is 284 g/mol. The van der Waals surface area contributed by atoms with Gasteiger partial charge in [-0.3, -0.25) is 0 Å². The van der Waals surface area contributed by atoms with Crippen LogP contribution < -0.4 is 0 Å². The smallest absolute Gasteiger partial charge is 0.337 e. The van der Waals surface area contributed by atoms with Crippen LogP contribution in [0.1, 0.15) is 42.1 Å². The maximum Gasteiger partial charge on any atom is 0.337 e. The van der Waals surface area contributed by atoms with E-state index in [0.29, 0.717) is 5.56 Å². The molecule has 0 unspecified atom stereocenters. The van der Waals surface area contributed by atoms with Crippen LogP contribution in [-0.2, 0) is 4.74 Å². The van der Waals surface area contributed by atoms with Crippen LogP contribution in [0.25, 0.3) is 0 Å². The van der Waals surface area contributed by atoms with Crippen LogP contribution in [0.15, 0.2) is 42.1 Å². The molecule has 0 bridgehead atoms. The molecule has 0 spiro atoms. The summed E-state index contributed by atoms with van der Waals surface area (Å²) in [5.41, 5.74) is 4.67. The van der Waals surface area contributed by atoms with E-state index < -0.39 is 6.10 Å². The molecule has 1 rings (SSSR count). The zero-order valence-corrected chi connectivity index (χ0v) is 12.5. The number of hydrogen-bond donors (Lipinski definition) is 1. The van der Waals surface area contributed by atoms with Gasteiger partial charge in [-0.2, -0.15) is 0 Å². The van der Waals surface area contributed by atoms with Gasteiger partial charge >= 0.3 is 5.97 Å². The summed E-state index contributed by atoms with van der Waals surface area (Å²) in [6.07, 6.45) is 1.91. The Labute approximate surface area is 126 Å². The molecule has 0 heterocycles. The molecule has 0 aliphatic rings. The van der Waals surface area contributed by atoms with E-state index in [2.05, 4.69) is 35.8 Å². The number of methoxy groups -OCH3 is 1. The van der Waals surface area contributed by atoms with Gasteiger partial charge in [0, 0.05) is 11.1 Å². The third-order valence-electron chi connectivity index (χ3n) is 3.02. The molecule has 0 fully saturated rings. The summed E-state index contributed by atoms with van der Waals surface area (Å²) < 4.78 is 4.62. The predicted molar refractivity (Wildman–Crippen MR) is 82.8 cm³/mol. The topological polar surface area (TPSA) is 46.5 Å². The first-order valence-electron chi connectivity index (χ1n) is 6.89. The molecule has 3 heteroatoms. The van der Waals surface area contributed by atoms with Gasteiger partial charge in [0.2, 0.25) is 0 Å². The Hall–Kier alpha value is -2.27. The summed E-state index contributed by atoms with van der Waals surface area (Å²) in [7, 11) is 1.34. The van der Waals surface area contributed by atoms with Gasteiger partial charge in [-0.05, 0) is 37.1 Å². The van der Waals surface area contributed by atoms with Crippen molar-refractivity contribution < 1.29 is 14.6 Å². The van der Waals surface area contributed by atoms with Gasteiger partial charge in [-0.25, -0.2) is 4.79 Å². The molecule has 0 aliphatic heterocycles. The van der Waals surface area contributed by atoms with E-state index in [1.54, 1.807) is 24.3 Å². The van der Waals surface area contributed by atoms with E-state index in [4.69, 9.17) is 0 Å². The quantitative estimate of drug-likeness (QED) is 0.513. The minimum absolute atomic E-state index is 0.383. The standard InChI is InChI=1S/C18H20O3/c1-4-6-7-15(5-2)17(19)13-10-14-8-11-16(12-9-14)18(20)21-3/h8-9,11-12,17,19H,2,4,6-7H2,1,3H3/t17-/m1/s1. The highest BCUT2D eigenvalue weighted by Gasteiger charge is 2.06. The van der Waals surface area contributed by atoms with Gasteiger partial charge in [0.1, 0.15) is 6.10 Å². The lowest BCUT2D eigenvalue weighted by molar-refractivity contribution is 0.0600. The number of hydrogen-bond acceptors (Lipinski definition) is 3. The van der Waals surface area contributed by atoms with Gasteiger partial charge in [0.05, 0.1) is 12.7 Å². The van der Waals surface area contributed by atoms with Gasteiger partial charge in [-0.15, -0.1) is 5.73 Å². The van der Waals surface area contributed by atoms with Crippen LogP contribution >= 0.6 is 0 Å². The van der Waals surface area contributed by atoms with Crippen molar-refractivity contribution in [2.45, 2.75) is 32.3 Å². The van der Waals surface area contributed by atoms with E-state index in [1.807, 2.05) is 0 Å². The lowest BCUT2D eigenvalue weighted by Crippen LogP contribution is -2.06. The molecular formula is C18H20O3. The van der Waals surface area contributed by atoms with Crippen molar-refractivity contribution in [3.05, 3.63) is 53.3 Å². The minimum Gasteiger partial charge on any atom is -0.465 e. The molecule has 1 aromatic rings. The molecule has 21 heavy (non-hydrogen) atoms. The Kier molecular flexibility index (Phi) is 7.04. The van der Waals surface area contributed by atoms with E-state index in [-0.39, 0.29) is 5.97 Å². The minimum atomic E-state index is -0.852. The second kappa shape index (κ2) is 8.81. The Morgan fingerprint density at radius 3 is 2.57 bits per heavy atom. The predicted octanol–water partition coefficient (Wildman–Crippen LogP) is 3.09. The van der Waals surface area contributed by atoms with Crippen LogP contribution in [0.2, 0.25) is 0 Å². The first-order valence-corrected chi connectivity index (χ1v) is 6.89. The largest absolute Gasteiger partial charge is 0.465 e. The average molecular weight is 284 g/mol. The van der Waals surface area contributed by atoms with Gasteiger partial charge in [0.15, 0.2) is 0 Å². The first-order chi connectivity index (χ1) is 10.1. The zero-order valence-electron chi connectivity index (χ0n) is 12.5. The molecule has 1 N–H and O–H groups in total. The van der Waals surface area contributed by atoms with Crippen molar-refractivity contribution in [1.29, 1.82) is 0 Å². The lowest BCUT2D eigenvalue weighted by Gasteiger charge is -2.05. The number of aliphatic hydroxyl groups excluding tert-OH is 1. The Morgan fingerprint density at radius 1 is 1.38 bits per heavy atom. The number of benzene rings is 1. The summed E-state index contributed by atoms with van der Waals surface area (Å²) >= 11 is 0. The average Bonchev–Trinajstić information content (AvgIpc) is 2.53. The van der Waals surface area contributed by atoms with Gasteiger partial charge in [0.25, 0.3) is 0 Å². The number of rotatable bonds is 5. The van der Waals surface area contributed by atoms with Crippen LogP contribution in [-0.4, -0.2) is 24.3 Å². The lowest BCUT2D eigenvalue weighted by atomic mass is 10.0. The fourth-order valence-electron chi connectivity index (χ4n) is 1.74. The fourth-order valence-corrected chi connectivity index (χ4v) is 1.74. The van der Waals surface area contributed by atoms with Crippen LogP contribution in [0.5, 0.6) is 0 Å². The summed E-state index contributed by atoms with van der Waals surface area (Å²) in [4.78, 5) is 11.3. The summed E-state index contributed by atoms with van der Waals surface area (Å²) in [5.74, 6) is 5.27. The molecule has 0 saturated heterocycles. The summed E-state index contributed by atoms with van der Waals surface area (Å²) in [5, 5.41) is 9.99. The van der Waals surface area contributed by atoms with Gasteiger partial charge in [-0.1, -0.05) is 31.8 Å². The first kappa shape index (κ1) is 16.8. The van der Waals surface area contributed by atoms with Crippen molar-refractivity contribution in [1.82, 2.24) is 0 Å². The highest BCUT2D eigenvalue weighted by molar-refractivity contribution is 5.89. The third-order valence-corrected chi connectivity index (χ3v) is 3.02. The summed E-state index contributed by atoms with van der Waals surface area (Å²) in [6.45, 7) is 5.67. The summed E-state index contributed by atoms with van der Waals surface area (Å²) in [6, 6.07) is 6.72. The number of esters is 1. The molecule has 0 radical (unpaired) electrons. The maximum absolute atomic E-state index is 11.3.